The largest absolute Gasteiger partial charge is 0.326 e. The molecule has 0 aliphatic rings. The zero-order chi connectivity index (χ0) is 19.3. The molecule has 0 rings (SSSR count). The first-order chi connectivity index (χ1) is 12.7. The van der Waals surface area contributed by atoms with Crippen molar-refractivity contribution in [2.24, 2.45) is 0 Å². The lowest BCUT2D eigenvalue weighted by atomic mass is 10.1. The van der Waals surface area contributed by atoms with Crippen LogP contribution in [0.4, 0.5) is 0 Å². The molecule has 0 N–H and O–H groups in total. The number of quaternary nitrogens is 1. The van der Waals surface area contributed by atoms with Crippen LogP contribution in [0.1, 0.15) is 97.8 Å². The summed E-state index contributed by atoms with van der Waals surface area (Å²) in [5.74, 6) is 0. The molecule has 0 atom stereocenters. The molecular formula is C25H48N+. The summed E-state index contributed by atoms with van der Waals surface area (Å²) in [6.07, 6.45) is 29.5. The first-order valence-corrected chi connectivity index (χ1v) is 11.5. The molecule has 0 saturated heterocycles. The minimum atomic E-state index is 1.17. The van der Waals surface area contributed by atoms with Gasteiger partial charge in [0, 0.05) is 0 Å². The number of unbranched alkanes of at least 4 members (excludes halogenated alkanes) is 6. The summed E-state index contributed by atoms with van der Waals surface area (Å²) in [5.41, 5.74) is 0. The number of nitrogens with zero attached hydrogens (tertiary/aromatic N) is 1. The second-order valence-electron chi connectivity index (χ2n) is 7.92. The van der Waals surface area contributed by atoms with Crippen molar-refractivity contribution < 1.29 is 4.48 Å². The summed E-state index contributed by atoms with van der Waals surface area (Å²) in [4.78, 5) is 0. The van der Waals surface area contributed by atoms with E-state index >= 15 is 0 Å². The maximum atomic E-state index is 2.51. The molecule has 0 fully saturated rings. The van der Waals surface area contributed by atoms with Crippen molar-refractivity contribution in [3.63, 3.8) is 0 Å². The van der Waals surface area contributed by atoms with Gasteiger partial charge in [0.15, 0.2) is 0 Å². The summed E-state index contributed by atoms with van der Waals surface area (Å²) < 4.78 is 1.28. The Kier molecular flexibility index (Phi) is 18.4. The molecule has 0 aliphatic carbocycles. The first-order valence-electron chi connectivity index (χ1n) is 11.5. The van der Waals surface area contributed by atoms with Crippen LogP contribution < -0.4 is 0 Å². The quantitative estimate of drug-likeness (QED) is 0.132. The highest BCUT2D eigenvalue weighted by Crippen LogP contribution is 2.14. The lowest BCUT2D eigenvalue weighted by Crippen LogP contribution is -2.46. The summed E-state index contributed by atoms with van der Waals surface area (Å²) >= 11 is 0. The Morgan fingerprint density at radius 3 is 1.04 bits per heavy atom. The van der Waals surface area contributed by atoms with E-state index in [9.17, 15) is 0 Å². The topological polar surface area (TPSA) is 0 Å². The lowest BCUT2D eigenvalue weighted by Gasteiger charge is -2.35. The average Bonchev–Trinajstić information content (AvgIpc) is 2.64. The van der Waals surface area contributed by atoms with Crippen molar-refractivity contribution in [3.8, 4) is 0 Å². The molecule has 1 nitrogen and oxygen atoms in total. The predicted molar refractivity (Wildman–Crippen MR) is 121 cm³/mol. The second kappa shape index (κ2) is 19.0. The Morgan fingerprint density at radius 2 is 0.769 bits per heavy atom. The van der Waals surface area contributed by atoms with Gasteiger partial charge >= 0.3 is 0 Å². The van der Waals surface area contributed by atoms with Crippen molar-refractivity contribution in [3.05, 3.63) is 36.5 Å². The highest BCUT2D eigenvalue weighted by molar-refractivity contribution is 4.81. The molecule has 26 heavy (non-hydrogen) atoms. The van der Waals surface area contributed by atoms with Gasteiger partial charge in [0.1, 0.15) is 0 Å². The van der Waals surface area contributed by atoms with Crippen LogP contribution in [0, 0.1) is 0 Å². The highest BCUT2D eigenvalue weighted by Gasteiger charge is 2.19. The molecule has 0 radical (unpaired) electrons. The van der Waals surface area contributed by atoms with Gasteiger partial charge in [0.2, 0.25) is 0 Å². The Balaban J connectivity index is 4.19. The third kappa shape index (κ3) is 16.6. The average molecular weight is 363 g/mol. The van der Waals surface area contributed by atoms with Crippen molar-refractivity contribution in [1.29, 1.82) is 0 Å². The van der Waals surface area contributed by atoms with E-state index in [4.69, 9.17) is 0 Å². The van der Waals surface area contributed by atoms with E-state index in [1.54, 1.807) is 0 Å². The van der Waals surface area contributed by atoms with Gasteiger partial charge in [-0.2, -0.15) is 0 Å². The smallest absolute Gasteiger partial charge is 0.0784 e. The summed E-state index contributed by atoms with van der Waals surface area (Å²) in [7, 11) is 2.51. The maximum Gasteiger partial charge on any atom is 0.0784 e. The van der Waals surface area contributed by atoms with Crippen LogP contribution in [-0.2, 0) is 0 Å². The Labute approximate surface area is 165 Å². The number of rotatable bonds is 18. The van der Waals surface area contributed by atoms with Crippen LogP contribution in [-0.4, -0.2) is 31.2 Å². The Morgan fingerprint density at radius 1 is 0.462 bits per heavy atom. The third-order valence-corrected chi connectivity index (χ3v) is 5.16. The third-order valence-electron chi connectivity index (χ3n) is 5.16. The van der Waals surface area contributed by atoms with Gasteiger partial charge in [-0.3, -0.25) is 0 Å². The first kappa shape index (κ1) is 25.2. The van der Waals surface area contributed by atoms with Gasteiger partial charge in [-0.1, -0.05) is 57.2 Å². The molecule has 0 aliphatic heterocycles. The molecule has 1 heteroatoms. The molecule has 0 spiro atoms. The zero-order valence-corrected chi connectivity index (χ0v) is 18.5. The van der Waals surface area contributed by atoms with Crippen LogP contribution in [0.5, 0.6) is 0 Å². The molecule has 0 aromatic rings. The second-order valence-corrected chi connectivity index (χ2v) is 7.92. The molecule has 152 valence electrons. The Bertz CT molecular complexity index is 309. The minimum absolute atomic E-state index is 1.17. The summed E-state index contributed by atoms with van der Waals surface area (Å²) in [6.45, 7) is 10.7. The van der Waals surface area contributed by atoms with Crippen molar-refractivity contribution in [2.75, 3.05) is 26.7 Å². The molecule has 0 saturated carbocycles. The van der Waals surface area contributed by atoms with E-state index in [0.29, 0.717) is 0 Å². The maximum absolute atomic E-state index is 2.51. The fraction of sp³-hybridized carbons (Fsp3) is 0.760. The molecule has 0 aromatic heterocycles. The molecule has 0 bridgehead atoms. The summed E-state index contributed by atoms with van der Waals surface area (Å²) in [5, 5.41) is 0. The van der Waals surface area contributed by atoms with E-state index in [2.05, 4.69) is 64.3 Å². The van der Waals surface area contributed by atoms with Crippen LogP contribution >= 0.6 is 0 Å². The van der Waals surface area contributed by atoms with Crippen LogP contribution in [0.3, 0.4) is 0 Å². The fourth-order valence-electron chi connectivity index (χ4n) is 3.46. The molecule has 0 amide bonds. The monoisotopic (exact) mass is 362 g/mol. The molecule has 0 aromatic carbocycles. The minimum Gasteiger partial charge on any atom is -0.326 e. The fourth-order valence-corrected chi connectivity index (χ4v) is 3.46. The Hall–Kier alpha value is -0.820. The van der Waals surface area contributed by atoms with Gasteiger partial charge in [0.05, 0.1) is 26.7 Å². The van der Waals surface area contributed by atoms with E-state index < -0.39 is 0 Å². The SMILES string of the molecule is CC/C=C/CCCC[N+](C)(CCCC/C=C/CC)CCCC/C=C/CC. The standard InChI is InChI=1S/C25H48N/c1-5-8-11-14-17-20-23-26(4,24-21-18-15-12-9-6-2)25-22-19-16-13-10-7-3/h8-13H,5-7,14-25H2,1-4H3/q+1/b11-8+,12-9+,13-10+. The van der Waals surface area contributed by atoms with Crippen LogP contribution in [0.15, 0.2) is 36.5 Å². The molecule has 0 heterocycles. The predicted octanol–water partition coefficient (Wildman–Crippen LogP) is 7.84. The van der Waals surface area contributed by atoms with Crippen LogP contribution in [0.25, 0.3) is 0 Å². The molecular weight excluding hydrogens is 314 g/mol. The van der Waals surface area contributed by atoms with Crippen molar-refractivity contribution >= 4 is 0 Å². The van der Waals surface area contributed by atoms with Gasteiger partial charge in [-0.15, -0.1) is 0 Å². The van der Waals surface area contributed by atoms with Gasteiger partial charge in [-0.25, -0.2) is 0 Å². The van der Waals surface area contributed by atoms with E-state index in [0.717, 1.165) is 0 Å². The van der Waals surface area contributed by atoms with Crippen LogP contribution in [0.2, 0.25) is 0 Å². The zero-order valence-electron chi connectivity index (χ0n) is 18.5. The lowest BCUT2D eigenvalue weighted by molar-refractivity contribution is -0.910. The van der Waals surface area contributed by atoms with Crippen molar-refractivity contribution in [2.45, 2.75) is 97.8 Å². The van der Waals surface area contributed by atoms with Gasteiger partial charge in [-0.05, 0) is 77.0 Å². The normalized spacial score (nSPS) is 12.9. The highest BCUT2D eigenvalue weighted by atomic mass is 15.3. The van der Waals surface area contributed by atoms with E-state index in [1.165, 1.54) is 101 Å². The number of hydrogen-bond donors (Lipinski definition) is 0. The van der Waals surface area contributed by atoms with E-state index in [-0.39, 0.29) is 0 Å². The van der Waals surface area contributed by atoms with Gasteiger partial charge < -0.3 is 4.48 Å². The summed E-state index contributed by atoms with van der Waals surface area (Å²) in [6, 6.07) is 0. The number of allylic oxidation sites excluding steroid dienone is 6. The number of hydrogen-bond acceptors (Lipinski definition) is 0. The molecule has 0 unspecified atom stereocenters. The van der Waals surface area contributed by atoms with E-state index in [1.807, 2.05) is 0 Å². The van der Waals surface area contributed by atoms with Gasteiger partial charge in [0.25, 0.3) is 0 Å². The van der Waals surface area contributed by atoms with Crippen molar-refractivity contribution in [1.82, 2.24) is 0 Å².